The molecule has 1 heterocycles. The van der Waals surface area contributed by atoms with Crippen molar-refractivity contribution >= 4 is 5.91 Å². The number of piperidine rings is 1. The Hall–Kier alpha value is -0.610. The molecule has 0 saturated carbocycles. The van der Waals surface area contributed by atoms with Crippen LogP contribution in [0.15, 0.2) is 0 Å². The molecule has 1 aliphatic heterocycles. The van der Waals surface area contributed by atoms with Crippen molar-refractivity contribution in [2.24, 2.45) is 0 Å². The van der Waals surface area contributed by atoms with Gasteiger partial charge in [-0.3, -0.25) is 4.79 Å². The maximum absolute atomic E-state index is 12.1. The van der Waals surface area contributed by atoms with Gasteiger partial charge in [-0.15, -0.1) is 0 Å². The van der Waals surface area contributed by atoms with Crippen molar-refractivity contribution in [2.75, 3.05) is 40.3 Å². The summed E-state index contributed by atoms with van der Waals surface area (Å²) in [5, 5.41) is 3.23. The largest absolute Gasteiger partial charge is 0.339 e. The number of likely N-dealkylation sites (tertiary alicyclic amines) is 1. The van der Waals surface area contributed by atoms with Gasteiger partial charge in [0.25, 0.3) is 0 Å². The molecular weight excluding hydrogens is 214 g/mol. The number of nitrogens with one attached hydrogen (secondary N) is 1. The van der Waals surface area contributed by atoms with E-state index in [1.807, 2.05) is 14.1 Å². The van der Waals surface area contributed by atoms with Crippen LogP contribution in [0.2, 0.25) is 0 Å². The Morgan fingerprint density at radius 2 is 2.18 bits per heavy atom. The highest BCUT2D eigenvalue weighted by Crippen LogP contribution is 2.19. The summed E-state index contributed by atoms with van der Waals surface area (Å²) >= 11 is 0. The van der Waals surface area contributed by atoms with Crippen molar-refractivity contribution in [3.05, 3.63) is 0 Å². The minimum Gasteiger partial charge on any atom is -0.339 e. The zero-order valence-electron chi connectivity index (χ0n) is 11.5. The first-order valence-electron chi connectivity index (χ1n) is 6.80. The quantitative estimate of drug-likeness (QED) is 0.703. The molecular formula is C13H27N3O. The number of hydrogen-bond donors (Lipinski definition) is 1. The molecule has 0 spiro atoms. The Bertz CT molecular complexity index is 231. The fourth-order valence-corrected chi connectivity index (χ4v) is 2.35. The topological polar surface area (TPSA) is 35.6 Å². The van der Waals surface area contributed by atoms with Crippen molar-refractivity contribution in [3.8, 4) is 0 Å². The molecule has 1 aliphatic rings. The van der Waals surface area contributed by atoms with Gasteiger partial charge in [0.15, 0.2) is 0 Å². The van der Waals surface area contributed by atoms with E-state index in [0.717, 1.165) is 26.1 Å². The smallest absolute Gasteiger partial charge is 0.236 e. The summed E-state index contributed by atoms with van der Waals surface area (Å²) in [7, 11) is 4.09. The number of carbonyl (C=O) groups excluding carboxylic acids is 1. The molecule has 4 nitrogen and oxygen atoms in total. The van der Waals surface area contributed by atoms with E-state index in [-0.39, 0.29) is 5.91 Å². The van der Waals surface area contributed by atoms with Gasteiger partial charge in [0.05, 0.1) is 6.54 Å². The van der Waals surface area contributed by atoms with Crippen molar-refractivity contribution in [1.29, 1.82) is 0 Å². The number of amides is 1. The average Bonchev–Trinajstić information content (AvgIpc) is 2.34. The minimum absolute atomic E-state index is 0.273. The van der Waals surface area contributed by atoms with Gasteiger partial charge in [-0.1, -0.05) is 6.92 Å². The van der Waals surface area contributed by atoms with Crippen molar-refractivity contribution in [2.45, 2.75) is 38.6 Å². The molecule has 0 aliphatic carbocycles. The van der Waals surface area contributed by atoms with Gasteiger partial charge in [-0.25, -0.2) is 0 Å². The van der Waals surface area contributed by atoms with Crippen LogP contribution in [0.4, 0.5) is 0 Å². The number of likely N-dealkylation sites (N-methyl/N-ethyl adjacent to an activating group) is 1. The van der Waals surface area contributed by atoms with Crippen LogP contribution in [0.1, 0.15) is 32.6 Å². The highest BCUT2D eigenvalue weighted by Gasteiger charge is 2.24. The van der Waals surface area contributed by atoms with E-state index in [1.54, 1.807) is 0 Å². The fraction of sp³-hybridized carbons (Fsp3) is 0.923. The molecule has 1 unspecified atom stereocenters. The summed E-state index contributed by atoms with van der Waals surface area (Å²) in [5.74, 6) is 0.273. The van der Waals surface area contributed by atoms with E-state index >= 15 is 0 Å². The molecule has 0 aromatic carbocycles. The first-order valence-corrected chi connectivity index (χ1v) is 6.80. The number of nitrogens with zero attached hydrogens (tertiary/aromatic N) is 2. The number of hydrogen-bond acceptors (Lipinski definition) is 3. The van der Waals surface area contributed by atoms with E-state index in [1.165, 1.54) is 19.3 Å². The molecule has 4 heteroatoms. The van der Waals surface area contributed by atoms with E-state index in [9.17, 15) is 4.79 Å². The molecule has 1 saturated heterocycles. The number of rotatable bonds is 6. The third kappa shape index (κ3) is 5.04. The molecule has 0 radical (unpaired) electrons. The zero-order chi connectivity index (χ0) is 12.7. The van der Waals surface area contributed by atoms with E-state index in [4.69, 9.17) is 0 Å². The highest BCUT2D eigenvalue weighted by molar-refractivity contribution is 5.78. The maximum Gasteiger partial charge on any atom is 0.236 e. The normalized spacial score (nSPS) is 20.9. The summed E-state index contributed by atoms with van der Waals surface area (Å²) in [5.41, 5.74) is 0. The van der Waals surface area contributed by atoms with Crippen LogP contribution in [0.5, 0.6) is 0 Å². The van der Waals surface area contributed by atoms with Crippen LogP contribution >= 0.6 is 0 Å². The van der Waals surface area contributed by atoms with Crippen LogP contribution < -0.4 is 5.32 Å². The van der Waals surface area contributed by atoms with Gasteiger partial charge in [0.1, 0.15) is 0 Å². The lowest BCUT2D eigenvalue weighted by atomic mass is 10.00. The van der Waals surface area contributed by atoms with Gasteiger partial charge in [-0.05, 0) is 39.8 Å². The van der Waals surface area contributed by atoms with Gasteiger partial charge >= 0.3 is 0 Å². The third-order valence-electron chi connectivity index (χ3n) is 3.43. The van der Waals surface area contributed by atoms with Gasteiger partial charge in [-0.2, -0.15) is 0 Å². The van der Waals surface area contributed by atoms with E-state index in [2.05, 4.69) is 22.0 Å². The second-order valence-electron chi connectivity index (χ2n) is 5.13. The SMILES string of the molecule is CCC1CCCCN1C(=O)CNCCN(C)C. The Labute approximate surface area is 105 Å². The van der Waals surface area contributed by atoms with Crippen LogP contribution in [-0.2, 0) is 4.79 Å². The highest BCUT2D eigenvalue weighted by atomic mass is 16.2. The minimum atomic E-state index is 0.273. The summed E-state index contributed by atoms with van der Waals surface area (Å²) in [4.78, 5) is 16.3. The third-order valence-corrected chi connectivity index (χ3v) is 3.43. The average molecular weight is 241 g/mol. The van der Waals surface area contributed by atoms with Crippen molar-refractivity contribution < 1.29 is 4.79 Å². The van der Waals surface area contributed by atoms with Crippen LogP contribution in [0, 0.1) is 0 Å². The van der Waals surface area contributed by atoms with E-state index < -0.39 is 0 Å². The lowest BCUT2D eigenvalue weighted by Gasteiger charge is -2.35. The van der Waals surface area contributed by atoms with Crippen LogP contribution in [0.25, 0.3) is 0 Å². The Morgan fingerprint density at radius 1 is 1.41 bits per heavy atom. The van der Waals surface area contributed by atoms with Gasteiger partial charge in [0, 0.05) is 25.7 Å². The second-order valence-corrected chi connectivity index (χ2v) is 5.13. The zero-order valence-corrected chi connectivity index (χ0v) is 11.5. The van der Waals surface area contributed by atoms with Crippen molar-refractivity contribution in [1.82, 2.24) is 15.1 Å². The first-order chi connectivity index (χ1) is 8.15. The van der Waals surface area contributed by atoms with Gasteiger partial charge in [0.2, 0.25) is 5.91 Å². The van der Waals surface area contributed by atoms with Crippen LogP contribution in [-0.4, -0.2) is 62.0 Å². The lowest BCUT2D eigenvalue weighted by molar-refractivity contribution is -0.133. The van der Waals surface area contributed by atoms with Gasteiger partial charge < -0.3 is 15.1 Å². The Balaban J connectivity index is 2.25. The molecule has 0 aromatic heterocycles. The summed E-state index contributed by atoms with van der Waals surface area (Å²) in [6, 6.07) is 0.479. The monoisotopic (exact) mass is 241 g/mol. The molecule has 0 aromatic rings. The fourth-order valence-electron chi connectivity index (χ4n) is 2.35. The molecule has 1 amide bonds. The summed E-state index contributed by atoms with van der Waals surface area (Å²) < 4.78 is 0. The predicted molar refractivity (Wildman–Crippen MR) is 71.1 cm³/mol. The molecule has 1 fully saturated rings. The predicted octanol–water partition coefficient (Wildman–Crippen LogP) is 0.929. The number of carbonyl (C=O) groups is 1. The summed E-state index contributed by atoms with van der Waals surface area (Å²) in [6.45, 7) is 5.47. The maximum atomic E-state index is 12.1. The molecule has 1 atom stereocenters. The standard InChI is InChI=1S/C13H27N3O/c1-4-12-7-5-6-9-16(12)13(17)11-14-8-10-15(2)3/h12,14H,4-11H2,1-3H3. The Morgan fingerprint density at radius 3 is 2.82 bits per heavy atom. The molecule has 100 valence electrons. The first kappa shape index (κ1) is 14.5. The lowest BCUT2D eigenvalue weighted by Crippen LogP contribution is -2.47. The molecule has 17 heavy (non-hydrogen) atoms. The van der Waals surface area contributed by atoms with Crippen LogP contribution in [0.3, 0.4) is 0 Å². The van der Waals surface area contributed by atoms with Crippen molar-refractivity contribution in [3.63, 3.8) is 0 Å². The molecule has 1 rings (SSSR count). The Kier molecular flexibility index (Phi) is 6.52. The summed E-state index contributed by atoms with van der Waals surface area (Å²) in [6.07, 6.45) is 4.71. The molecule has 0 bridgehead atoms. The molecule has 1 N–H and O–H groups in total. The van der Waals surface area contributed by atoms with E-state index in [0.29, 0.717) is 12.6 Å². The second kappa shape index (κ2) is 7.67.